The Hall–Kier alpha value is -2.40. The highest BCUT2D eigenvalue weighted by Crippen LogP contribution is 2.11. The number of nitrogens with one attached hydrogen (secondary N) is 2. The molecule has 0 atom stereocenters. The van der Waals surface area contributed by atoms with Gasteiger partial charge in [0.05, 0.1) is 7.11 Å². The maximum Gasteiger partial charge on any atom is 0.221 e. The molecule has 128 valence electrons. The number of methoxy groups -OCH3 is 1. The summed E-state index contributed by atoms with van der Waals surface area (Å²) in [7, 11) is 1.65. The van der Waals surface area contributed by atoms with E-state index in [4.69, 9.17) is 4.74 Å². The van der Waals surface area contributed by atoms with E-state index < -0.39 is 0 Å². The molecule has 2 rings (SSSR count). The van der Waals surface area contributed by atoms with E-state index in [0.717, 1.165) is 24.3 Å². The van der Waals surface area contributed by atoms with Crippen molar-refractivity contribution in [3.05, 3.63) is 65.5 Å². The molecule has 0 aliphatic rings. The summed E-state index contributed by atoms with van der Waals surface area (Å²) in [6.45, 7) is 1.87. The first kappa shape index (κ1) is 17.9. The zero-order chi connectivity index (χ0) is 17.2. The van der Waals surface area contributed by atoms with E-state index in [-0.39, 0.29) is 11.7 Å². The van der Waals surface area contributed by atoms with Gasteiger partial charge in [-0.3, -0.25) is 4.79 Å². The van der Waals surface area contributed by atoms with Gasteiger partial charge in [-0.1, -0.05) is 24.3 Å². The molecular weight excluding hydrogens is 307 g/mol. The third-order valence-electron chi connectivity index (χ3n) is 3.68. The molecule has 4 nitrogen and oxygen atoms in total. The topological polar surface area (TPSA) is 50.4 Å². The van der Waals surface area contributed by atoms with Crippen LogP contribution in [0, 0.1) is 5.82 Å². The first-order valence-corrected chi connectivity index (χ1v) is 8.02. The van der Waals surface area contributed by atoms with Gasteiger partial charge in [-0.15, -0.1) is 0 Å². The van der Waals surface area contributed by atoms with Gasteiger partial charge in [0, 0.05) is 19.5 Å². The van der Waals surface area contributed by atoms with E-state index in [1.807, 2.05) is 24.3 Å². The average Bonchev–Trinajstić information content (AvgIpc) is 2.61. The van der Waals surface area contributed by atoms with Crippen molar-refractivity contribution in [2.45, 2.75) is 19.4 Å². The molecule has 0 aliphatic carbocycles. The summed E-state index contributed by atoms with van der Waals surface area (Å²) in [5.41, 5.74) is 2.11. The lowest BCUT2D eigenvalue weighted by Crippen LogP contribution is -2.28. The van der Waals surface area contributed by atoms with Crippen LogP contribution >= 0.6 is 0 Å². The van der Waals surface area contributed by atoms with Crippen molar-refractivity contribution < 1.29 is 13.9 Å². The molecule has 0 aromatic heterocycles. The number of benzene rings is 2. The first-order valence-electron chi connectivity index (χ1n) is 8.02. The quantitative estimate of drug-likeness (QED) is 0.695. The summed E-state index contributed by atoms with van der Waals surface area (Å²) in [6, 6.07) is 14.1. The molecule has 2 aromatic carbocycles. The van der Waals surface area contributed by atoms with Crippen LogP contribution in [0.2, 0.25) is 0 Å². The normalized spacial score (nSPS) is 10.4. The molecule has 0 aliphatic heterocycles. The van der Waals surface area contributed by atoms with E-state index >= 15 is 0 Å². The van der Waals surface area contributed by atoms with Gasteiger partial charge in [0.2, 0.25) is 5.91 Å². The Kier molecular flexibility index (Phi) is 7.23. The van der Waals surface area contributed by atoms with Crippen LogP contribution in [-0.4, -0.2) is 26.1 Å². The second kappa shape index (κ2) is 9.67. The van der Waals surface area contributed by atoms with E-state index in [9.17, 15) is 9.18 Å². The molecule has 0 radical (unpaired) electrons. The Balaban J connectivity index is 1.56. The first-order chi connectivity index (χ1) is 11.7. The lowest BCUT2D eigenvalue weighted by molar-refractivity contribution is -0.121. The smallest absolute Gasteiger partial charge is 0.221 e. The zero-order valence-corrected chi connectivity index (χ0v) is 13.8. The number of rotatable bonds is 9. The van der Waals surface area contributed by atoms with Crippen molar-refractivity contribution in [2.75, 3.05) is 20.2 Å². The van der Waals surface area contributed by atoms with Crippen LogP contribution in [0.5, 0.6) is 5.75 Å². The molecule has 24 heavy (non-hydrogen) atoms. The van der Waals surface area contributed by atoms with Crippen molar-refractivity contribution in [1.29, 1.82) is 0 Å². The van der Waals surface area contributed by atoms with Gasteiger partial charge in [-0.05, 0) is 48.4 Å². The summed E-state index contributed by atoms with van der Waals surface area (Å²) in [4.78, 5) is 11.7. The molecule has 0 saturated carbocycles. The van der Waals surface area contributed by atoms with Crippen molar-refractivity contribution in [2.24, 2.45) is 0 Å². The van der Waals surface area contributed by atoms with E-state index in [1.165, 1.54) is 17.7 Å². The molecule has 0 saturated heterocycles. The number of amides is 1. The van der Waals surface area contributed by atoms with Crippen LogP contribution in [0.3, 0.4) is 0 Å². The van der Waals surface area contributed by atoms with Gasteiger partial charge in [-0.25, -0.2) is 4.39 Å². The predicted molar refractivity (Wildman–Crippen MR) is 92.4 cm³/mol. The molecular formula is C19H23FN2O2. The molecule has 0 heterocycles. The van der Waals surface area contributed by atoms with Gasteiger partial charge in [-0.2, -0.15) is 0 Å². The number of hydrogen-bond donors (Lipinski definition) is 2. The third kappa shape index (κ3) is 6.38. The van der Waals surface area contributed by atoms with Gasteiger partial charge >= 0.3 is 0 Å². The van der Waals surface area contributed by atoms with Gasteiger partial charge in [0.25, 0.3) is 0 Å². The molecule has 0 bridgehead atoms. The number of halogens is 1. The lowest BCUT2D eigenvalue weighted by Gasteiger charge is -2.07. The summed E-state index contributed by atoms with van der Waals surface area (Å²) in [5.74, 6) is 0.562. The van der Waals surface area contributed by atoms with E-state index in [2.05, 4.69) is 10.6 Å². The van der Waals surface area contributed by atoms with Gasteiger partial charge in [0.1, 0.15) is 11.6 Å². The highest BCUT2D eigenvalue weighted by atomic mass is 19.1. The molecule has 0 unspecified atom stereocenters. The zero-order valence-electron chi connectivity index (χ0n) is 13.8. The minimum atomic E-state index is -0.272. The van der Waals surface area contributed by atoms with Crippen molar-refractivity contribution in [3.8, 4) is 5.75 Å². The van der Waals surface area contributed by atoms with E-state index in [0.29, 0.717) is 19.5 Å². The number of carbonyl (C=O) groups is 1. The molecule has 2 aromatic rings. The summed E-state index contributed by atoms with van der Waals surface area (Å²) in [6.07, 6.45) is 1.32. The Bertz CT molecular complexity index is 627. The summed E-state index contributed by atoms with van der Waals surface area (Å²) in [5, 5.41) is 6.08. The van der Waals surface area contributed by atoms with Crippen LogP contribution in [0.15, 0.2) is 48.5 Å². The van der Waals surface area contributed by atoms with Crippen LogP contribution in [0.1, 0.15) is 17.5 Å². The van der Waals surface area contributed by atoms with Crippen LogP contribution < -0.4 is 15.4 Å². The molecule has 2 N–H and O–H groups in total. The highest BCUT2D eigenvalue weighted by Gasteiger charge is 2.01. The lowest BCUT2D eigenvalue weighted by atomic mass is 10.1. The molecule has 1 amide bonds. The van der Waals surface area contributed by atoms with Crippen LogP contribution in [0.25, 0.3) is 0 Å². The summed E-state index contributed by atoms with van der Waals surface area (Å²) < 4.78 is 17.9. The fraction of sp³-hybridized carbons (Fsp3) is 0.316. The Morgan fingerprint density at radius 3 is 2.33 bits per heavy atom. The SMILES string of the molecule is COc1ccc(CCNCCC(=O)NCc2ccc(F)cc2)cc1. The Morgan fingerprint density at radius 1 is 1.00 bits per heavy atom. The maximum absolute atomic E-state index is 12.8. The Labute approximate surface area is 142 Å². The minimum absolute atomic E-state index is 0.0173. The fourth-order valence-electron chi connectivity index (χ4n) is 2.24. The standard InChI is InChI=1S/C19H23FN2O2/c1-24-18-8-4-15(5-9-18)10-12-21-13-11-19(23)22-14-16-2-6-17(20)7-3-16/h2-9,21H,10-14H2,1H3,(H,22,23). The highest BCUT2D eigenvalue weighted by molar-refractivity contribution is 5.76. The second-order valence-electron chi connectivity index (χ2n) is 5.50. The minimum Gasteiger partial charge on any atom is -0.497 e. The monoisotopic (exact) mass is 330 g/mol. The maximum atomic E-state index is 12.8. The second-order valence-corrected chi connectivity index (χ2v) is 5.50. The molecule has 0 spiro atoms. The van der Waals surface area contributed by atoms with Crippen molar-refractivity contribution in [1.82, 2.24) is 10.6 Å². The number of carbonyl (C=O) groups excluding carboxylic acids is 1. The predicted octanol–water partition coefficient (Wildman–Crippen LogP) is 2.67. The van der Waals surface area contributed by atoms with Crippen LogP contribution in [-0.2, 0) is 17.8 Å². The number of ether oxygens (including phenoxy) is 1. The summed E-state index contributed by atoms with van der Waals surface area (Å²) >= 11 is 0. The van der Waals surface area contributed by atoms with Crippen molar-refractivity contribution >= 4 is 5.91 Å². The third-order valence-corrected chi connectivity index (χ3v) is 3.68. The van der Waals surface area contributed by atoms with Gasteiger partial charge < -0.3 is 15.4 Å². The fourth-order valence-corrected chi connectivity index (χ4v) is 2.24. The van der Waals surface area contributed by atoms with E-state index in [1.54, 1.807) is 19.2 Å². The Morgan fingerprint density at radius 2 is 1.67 bits per heavy atom. The average molecular weight is 330 g/mol. The number of hydrogen-bond acceptors (Lipinski definition) is 3. The van der Waals surface area contributed by atoms with Crippen molar-refractivity contribution in [3.63, 3.8) is 0 Å². The molecule has 5 heteroatoms. The van der Waals surface area contributed by atoms with Crippen LogP contribution in [0.4, 0.5) is 4.39 Å². The largest absolute Gasteiger partial charge is 0.497 e. The van der Waals surface area contributed by atoms with Gasteiger partial charge in [0.15, 0.2) is 0 Å². The molecule has 0 fully saturated rings.